The van der Waals surface area contributed by atoms with Crippen molar-refractivity contribution in [3.63, 3.8) is 0 Å². The van der Waals surface area contributed by atoms with E-state index < -0.39 is 18.9 Å². The zero-order chi connectivity index (χ0) is 19.2. The molecule has 3 heteroatoms. The first-order valence-corrected chi connectivity index (χ1v) is 16.6. The van der Waals surface area contributed by atoms with E-state index in [1.165, 1.54) is 27.1 Å². The Morgan fingerprint density at radius 2 is 1.19 bits per heavy atom. The predicted octanol–water partition coefficient (Wildman–Crippen LogP) is 7.76. The summed E-state index contributed by atoms with van der Waals surface area (Å²) in [7, 11) is 10.3. The van der Waals surface area contributed by atoms with Gasteiger partial charge in [0.1, 0.15) is 0 Å². The standard InChI is InChI=1S/C13H9.C9H13.CH2.2ClH.Zr/c1-3-7-12-10(5-1)9-11-6-2-4-8-13(11)12;1-9(2,3)8-6-4-5-7-8;;;;/h1-9H;4-7H,1-3H3;1H2;2*1H;/q2*-1;;;;+2/p-2. The Hall–Kier alpha value is -1.01. The number of benzene rings is 2. The molecule has 0 unspecified atom stereocenters. The zero-order valence-corrected chi connectivity index (χ0v) is 19.4. The molecule has 0 aromatic heterocycles. The summed E-state index contributed by atoms with van der Waals surface area (Å²) in [6.45, 7) is 6.67. The van der Waals surface area contributed by atoms with E-state index in [4.69, 9.17) is 17.0 Å². The molecule has 26 heavy (non-hydrogen) atoms. The van der Waals surface area contributed by atoms with Crippen LogP contribution in [0.2, 0.25) is 0 Å². The SMILES string of the molecule is CC(C)(C)[c-]1cccc1.[CH2]=[Zr]([Cl])[Cl].c1ccc2c(c1)[cH-]c1ccccc12. The van der Waals surface area contributed by atoms with Crippen molar-refractivity contribution in [1.82, 2.24) is 0 Å². The van der Waals surface area contributed by atoms with Gasteiger partial charge in [0, 0.05) is 0 Å². The molecule has 4 aromatic rings. The fourth-order valence-corrected chi connectivity index (χ4v) is 2.78. The minimum Gasteiger partial charge on any atom is -0.126 e. The molecule has 0 aliphatic carbocycles. The molecule has 0 fully saturated rings. The van der Waals surface area contributed by atoms with Crippen LogP contribution in [0.4, 0.5) is 0 Å². The quantitative estimate of drug-likeness (QED) is 0.234. The van der Waals surface area contributed by atoms with E-state index >= 15 is 0 Å². The van der Waals surface area contributed by atoms with Gasteiger partial charge in [0.15, 0.2) is 0 Å². The van der Waals surface area contributed by atoms with Crippen LogP contribution in [0.5, 0.6) is 0 Å². The number of hydrogen-bond acceptors (Lipinski definition) is 0. The number of halogens is 2. The average molecular weight is 463 g/mol. The van der Waals surface area contributed by atoms with Crippen molar-refractivity contribution in [1.29, 1.82) is 0 Å². The van der Waals surface area contributed by atoms with Gasteiger partial charge in [0.2, 0.25) is 0 Å². The number of fused-ring (bicyclic) bond motifs is 3. The molecule has 0 saturated carbocycles. The van der Waals surface area contributed by atoms with Gasteiger partial charge in [-0.15, -0.1) is 39.7 Å². The zero-order valence-electron chi connectivity index (χ0n) is 15.5. The summed E-state index contributed by atoms with van der Waals surface area (Å²) in [4.78, 5) is 0. The Kier molecular flexibility index (Phi) is 8.02. The van der Waals surface area contributed by atoms with Gasteiger partial charge >= 0.3 is 40.1 Å². The molecule has 0 spiro atoms. The van der Waals surface area contributed by atoms with Gasteiger partial charge in [-0.25, -0.2) is 12.1 Å². The molecule has 0 atom stereocenters. The van der Waals surface area contributed by atoms with Crippen LogP contribution < -0.4 is 0 Å². The van der Waals surface area contributed by atoms with Crippen molar-refractivity contribution in [2.75, 3.05) is 0 Å². The Morgan fingerprint density at radius 3 is 1.54 bits per heavy atom. The van der Waals surface area contributed by atoms with E-state index in [1.807, 2.05) is 0 Å². The minimum absolute atomic E-state index is 0.323. The molecular formula is C23H24Cl2Zr-2. The Labute approximate surface area is 171 Å². The molecule has 4 aromatic carbocycles. The first kappa shape index (κ1) is 21.3. The van der Waals surface area contributed by atoms with Crippen molar-refractivity contribution < 1.29 is 18.9 Å². The third kappa shape index (κ3) is 6.31. The van der Waals surface area contributed by atoms with E-state index in [1.54, 1.807) is 0 Å². The molecule has 4 rings (SSSR count). The molecule has 0 N–H and O–H groups in total. The maximum Gasteiger partial charge on any atom is -0.0771 e. The molecule has 0 amide bonds. The summed E-state index contributed by atoms with van der Waals surface area (Å²) in [5.74, 6) is 0. The van der Waals surface area contributed by atoms with Gasteiger partial charge in [0.25, 0.3) is 0 Å². The van der Waals surface area contributed by atoms with Crippen LogP contribution in [-0.4, -0.2) is 4.21 Å². The Bertz CT molecular complexity index is 902. The second-order valence-electron chi connectivity index (χ2n) is 7.08. The maximum atomic E-state index is 5.13. The first-order chi connectivity index (χ1) is 12.3. The fourth-order valence-electron chi connectivity index (χ4n) is 2.78. The third-order valence-corrected chi connectivity index (χ3v) is 4.05. The van der Waals surface area contributed by atoms with Crippen LogP contribution in [0.3, 0.4) is 0 Å². The van der Waals surface area contributed by atoms with Gasteiger partial charge in [0.05, 0.1) is 0 Å². The van der Waals surface area contributed by atoms with Crippen LogP contribution in [-0.2, 0) is 24.3 Å². The van der Waals surface area contributed by atoms with E-state index in [0.29, 0.717) is 5.41 Å². The summed E-state index contributed by atoms with van der Waals surface area (Å²) in [6.07, 6.45) is 0. The van der Waals surface area contributed by atoms with E-state index in [0.717, 1.165) is 0 Å². The van der Waals surface area contributed by atoms with Gasteiger partial charge < -0.3 is 0 Å². The van der Waals surface area contributed by atoms with Crippen molar-refractivity contribution >= 4 is 42.8 Å². The van der Waals surface area contributed by atoms with Gasteiger partial charge in [-0.2, -0.15) is 17.7 Å². The molecule has 0 saturated heterocycles. The summed E-state index contributed by atoms with van der Waals surface area (Å²) < 4.78 is 3.37. The summed E-state index contributed by atoms with van der Waals surface area (Å²) >= 11 is -1.85. The molecule has 0 bridgehead atoms. The van der Waals surface area contributed by atoms with Gasteiger partial charge in [-0.05, 0) is 0 Å². The predicted molar refractivity (Wildman–Crippen MR) is 117 cm³/mol. The van der Waals surface area contributed by atoms with Crippen molar-refractivity contribution in [2.45, 2.75) is 26.2 Å². The smallest absolute Gasteiger partial charge is 0.0771 e. The minimum atomic E-state index is -1.85. The summed E-state index contributed by atoms with van der Waals surface area (Å²) in [5, 5.41) is 5.39. The molecule has 0 radical (unpaired) electrons. The fraction of sp³-hybridized carbons (Fsp3) is 0.174. The van der Waals surface area contributed by atoms with Crippen molar-refractivity contribution in [2.24, 2.45) is 0 Å². The molecule has 0 heterocycles. The van der Waals surface area contributed by atoms with Crippen LogP contribution in [0.1, 0.15) is 26.3 Å². The molecule has 0 aliphatic rings. The van der Waals surface area contributed by atoms with E-state index in [2.05, 4.69) is 104 Å². The molecule has 136 valence electrons. The average Bonchev–Trinajstić information content (AvgIpc) is 3.22. The normalized spacial score (nSPS) is 10.7. The monoisotopic (exact) mass is 460 g/mol. The van der Waals surface area contributed by atoms with Gasteiger partial charge in [-0.1, -0.05) is 62.6 Å². The topological polar surface area (TPSA) is 0 Å². The van der Waals surface area contributed by atoms with Crippen LogP contribution in [0.25, 0.3) is 21.5 Å². The maximum absolute atomic E-state index is 5.13. The third-order valence-electron chi connectivity index (χ3n) is 4.05. The van der Waals surface area contributed by atoms with E-state index in [9.17, 15) is 0 Å². The van der Waals surface area contributed by atoms with Crippen LogP contribution in [0, 0.1) is 0 Å². The Balaban J connectivity index is 0.000000164. The van der Waals surface area contributed by atoms with Gasteiger partial charge in [-0.3, -0.25) is 0 Å². The number of hydrogen-bond donors (Lipinski definition) is 0. The molecule has 0 aliphatic heterocycles. The summed E-state index contributed by atoms with van der Waals surface area (Å²) in [6, 6.07) is 27.8. The second kappa shape index (κ2) is 9.79. The van der Waals surface area contributed by atoms with E-state index in [-0.39, 0.29) is 0 Å². The largest absolute Gasteiger partial charge is 0.126 e. The molecule has 0 nitrogen and oxygen atoms in total. The summed E-state index contributed by atoms with van der Waals surface area (Å²) in [5.41, 5.74) is 1.74. The van der Waals surface area contributed by atoms with Crippen molar-refractivity contribution in [3.8, 4) is 0 Å². The van der Waals surface area contributed by atoms with Crippen molar-refractivity contribution in [3.05, 3.63) is 84.4 Å². The van der Waals surface area contributed by atoms with Crippen LogP contribution >= 0.6 is 17.0 Å². The first-order valence-electron chi connectivity index (χ1n) is 8.54. The second-order valence-corrected chi connectivity index (χ2v) is 15.3. The van der Waals surface area contributed by atoms with Crippen LogP contribution in [0.15, 0.2) is 78.9 Å². The Morgan fingerprint density at radius 1 is 0.808 bits per heavy atom. The number of rotatable bonds is 0. The molecular weight excluding hydrogens is 438 g/mol.